The number of hydrogen-bond donors (Lipinski definition) is 3. The molecule has 6 nitrogen and oxygen atoms in total. The molecule has 144 valence electrons. The molecule has 0 bridgehead atoms. The molecule has 4 aromatic rings. The van der Waals surface area contributed by atoms with Crippen LogP contribution in [0.3, 0.4) is 0 Å². The number of anilines is 4. The topological polar surface area (TPSA) is 85.1 Å². The van der Waals surface area contributed by atoms with Crippen LogP contribution in [0.4, 0.5) is 23.0 Å². The monoisotopic (exact) mass is 383 g/mol. The molecule has 1 heterocycles. The van der Waals surface area contributed by atoms with Crippen LogP contribution in [0.1, 0.15) is 5.56 Å². The summed E-state index contributed by atoms with van der Waals surface area (Å²) in [6.07, 6.45) is 1.49. The second-order valence-corrected chi connectivity index (χ2v) is 6.39. The van der Waals surface area contributed by atoms with Crippen molar-refractivity contribution < 1.29 is 4.74 Å². The molecule has 0 amide bonds. The van der Waals surface area contributed by atoms with Gasteiger partial charge in [-0.2, -0.15) is 0 Å². The molecule has 1 aromatic heterocycles. The zero-order valence-corrected chi connectivity index (χ0v) is 15.7. The maximum atomic E-state index is 6.25. The van der Waals surface area contributed by atoms with Gasteiger partial charge in [-0.05, 0) is 42.0 Å². The van der Waals surface area contributed by atoms with Crippen LogP contribution in [-0.4, -0.2) is 9.97 Å². The second kappa shape index (κ2) is 8.75. The van der Waals surface area contributed by atoms with E-state index in [1.165, 1.54) is 6.33 Å². The zero-order valence-electron chi connectivity index (χ0n) is 15.7. The van der Waals surface area contributed by atoms with Crippen molar-refractivity contribution in [1.82, 2.24) is 9.97 Å². The number of nitrogen functional groups attached to an aromatic ring is 1. The van der Waals surface area contributed by atoms with Gasteiger partial charge in [-0.3, -0.25) is 0 Å². The largest absolute Gasteiger partial charge is 0.457 e. The van der Waals surface area contributed by atoms with E-state index in [1.54, 1.807) is 0 Å². The first-order valence-electron chi connectivity index (χ1n) is 9.26. The van der Waals surface area contributed by atoms with Gasteiger partial charge in [0.1, 0.15) is 23.5 Å². The number of rotatable bonds is 7. The van der Waals surface area contributed by atoms with Crippen LogP contribution in [0, 0.1) is 0 Å². The SMILES string of the molecule is Nc1c(NCc2ccccc2)ncnc1Nc1ccc(Oc2ccccc2)cc1. The molecule has 0 aliphatic rings. The molecule has 0 saturated heterocycles. The van der Waals surface area contributed by atoms with Crippen molar-refractivity contribution in [3.05, 3.63) is 96.8 Å². The summed E-state index contributed by atoms with van der Waals surface area (Å²) in [7, 11) is 0. The van der Waals surface area contributed by atoms with Crippen molar-refractivity contribution in [1.29, 1.82) is 0 Å². The van der Waals surface area contributed by atoms with Crippen LogP contribution in [-0.2, 0) is 6.54 Å². The zero-order chi connectivity index (χ0) is 19.9. The predicted octanol–water partition coefficient (Wildman–Crippen LogP) is 5.21. The molecule has 0 radical (unpaired) electrons. The van der Waals surface area contributed by atoms with Gasteiger partial charge in [-0.15, -0.1) is 0 Å². The van der Waals surface area contributed by atoms with E-state index in [1.807, 2.05) is 84.9 Å². The van der Waals surface area contributed by atoms with Gasteiger partial charge in [0, 0.05) is 12.2 Å². The summed E-state index contributed by atoms with van der Waals surface area (Å²) >= 11 is 0. The number of ether oxygens (including phenoxy) is 1. The highest BCUT2D eigenvalue weighted by Gasteiger charge is 2.08. The molecule has 0 fully saturated rings. The third-order valence-corrected chi connectivity index (χ3v) is 4.28. The molecule has 0 unspecified atom stereocenters. The van der Waals surface area contributed by atoms with Gasteiger partial charge in [0.05, 0.1) is 0 Å². The van der Waals surface area contributed by atoms with Crippen molar-refractivity contribution >= 4 is 23.0 Å². The van der Waals surface area contributed by atoms with E-state index in [0.717, 1.165) is 22.7 Å². The van der Waals surface area contributed by atoms with Crippen LogP contribution >= 0.6 is 0 Å². The Morgan fingerprint density at radius 3 is 2.07 bits per heavy atom. The first kappa shape index (κ1) is 18.3. The molecule has 3 aromatic carbocycles. The van der Waals surface area contributed by atoms with E-state index in [9.17, 15) is 0 Å². The number of nitrogens with one attached hydrogen (secondary N) is 2. The predicted molar refractivity (Wildman–Crippen MR) is 116 cm³/mol. The van der Waals surface area contributed by atoms with Crippen LogP contribution in [0.25, 0.3) is 0 Å². The van der Waals surface area contributed by atoms with Crippen LogP contribution in [0.5, 0.6) is 11.5 Å². The minimum atomic E-state index is 0.466. The van der Waals surface area contributed by atoms with Gasteiger partial charge in [0.25, 0.3) is 0 Å². The van der Waals surface area contributed by atoms with Crippen molar-refractivity contribution in [2.45, 2.75) is 6.54 Å². The first-order valence-corrected chi connectivity index (χ1v) is 9.26. The Balaban J connectivity index is 1.42. The van der Waals surface area contributed by atoms with Crippen molar-refractivity contribution in [2.24, 2.45) is 0 Å². The Labute approximate surface area is 169 Å². The number of nitrogens with zero attached hydrogens (tertiary/aromatic N) is 2. The Bertz CT molecular complexity index is 1050. The molecule has 0 spiro atoms. The quantitative estimate of drug-likeness (QED) is 0.406. The third kappa shape index (κ3) is 4.81. The molecule has 0 aliphatic carbocycles. The minimum Gasteiger partial charge on any atom is -0.457 e. The highest BCUT2D eigenvalue weighted by Crippen LogP contribution is 2.28. The van der Waals surface area contributed by atoms with Gasteiger partial charge in [0.2, 0.25) is 0 Å². The highest BCUT2D eigenvalue weighted by molar-refractivity contribution is 5.77. The fraction of sp³-hybridized carbons (Fsp3) is 0.0435. The van der Waals surface area contributed by atoms with Crippen molar-refractivity contribution in [2.75, 3.05) is 16.4 Å². The maximum Gasteiger partial charge on any atom is 0.159 e. The van der Waals surface area contributed by atoms with Gasteiger partial charge in [-0.1, -0.05) is 48.5 Å². The Morgan fingerprint density at radius 2 is 1.34 bits per heavy atom. The van der Waals surface area contributed by atoms with E-state index < -0.39 is 0 Å². The summed E-state index contributed by atoms with van der Waals surface area (Å²) in [6, 6.07) is 27.3. The van der Waals surface area contributed by atoms with Crippen LogP contribution in [0.15, 0.2) is 91.3 Å². The lowest BCUT2D eigenvalue weighted by Crippen LogP contribution is -2.08. The molecule has 4 rings (SSSR count). The van der Waals surface area contributed by atoms with Crippen LogP contribution in [0.2, 0.25) is 0 Å². The van der Waals surface area contributed by atoms with Gasteiger partial charge in [-0.25, -0.2) is 9.97 Å². The molecule has 0 saturated carbocycles. The minimum absolute atomic E-state index is 0.466. The standard InChI is InChI=1S/C23H21N5O/c24-21-22(25-15-17-7-3-1-4-8-17)26-16-27-23(21)28-18-11-13-20(14-12-18)29-19-9-5-2-6-10-19/h1-14,16H,15,24H2,(H2,25,26,27,28). The summed E-state index contributed by atoms with van der Waals surface area (Å²) in [5, 5.41) is 6.49. The number of hydrogen-bond acceptors (Lipinski definition) is 6. The average molecular weight is 383 g/mol. The van der Waals surface area contributed by atoms with E-state index >= 15 is 0 Å². The summed E-state index contributed by atoms with van der Waals surface area (Å²) in [4.78, 5) is 8.51. The Hall–Kier alpha value is -4.06. The third-order valence-electron chi connectivity index (χ3n) is 4.28. The summed E-state index contributed by atoms with van der Waals surface area (Å²) in [5.74, 6) is 2.69. The lowest BCUT2D eigenvalue weighted by Gasteiger charge is -2.13. The normalized spacial score (nSPS) is 10.3. The lowest BCUT2D eigenvalue weighted by atomic mass is 10.2. The molecule has 0 aliphatic heterocycles. The molecule has 29 heavy (non-hydrogen) atoms. The summed E-state index contributed by atoms with van der Waals surface area (Å²) in [5.41, 5.74) is 8.72. The van der Waals surface area contributed by atoms with Crippen LogP contribution < -0.4 is 21.1 Å². The number of aromatic nitrogens is 2. The fourth-order valence-corrected chi connectivity index (χ4v) is 2.79. The summed E-state index contributed by atoms with van der Waals surface area (Å²) in [6.45, 7) is 0.632. The highest BCUT2D eigenvalue weighted by atomic mass is 16.5. The molecule has 0 atom stereocenters. The average Bonchev–Trinajstić information content (AvgIpc) is 2.77. The Morgan fingerprint density at radius 1 is 0.724 bits per heavy atom. The van der Waals surface area contributed by atoms with Crippen molar-refractivity contribution in [3.63, 3.8) is 0 Å². The molecular weight excluding hydrogens is 362 g/mol. The number of para-hydroxylation sites is 1. The van der Waals surface area contributed by atoms with Gasteiger partial charge in [0.15, 0.2) is 11.6 Å². The fourth-order valence-electron chi connectivity index (χ4n) is 2.79. The second-order valence-electron chi connectivity index (χ2n) is 6.39. The maximum absolute atomic E-state index is 6.25. The summed E-state index contributed by atoms with van der Waals surface area (Å²) < 4.78 is 5.81. The van der Waals surface area contributed by atoms with E-state index in [4.69, 9.17) is 10.5 Å². The molecular formula is C23H21N5O. The van der Waals surface area contributed by atoms with Gasteiger partial charge >= 0.3 is 0 Å². The van der Waals surface area contributed by atoms with E-state index in [2.05, 4.69) is 20.6 Å². The Kier molecular flexibility index (Phi) is 5.53. The molecule has 4 N–H and O–H groups in total. The van der Waals surface area contributed by atoms with E-state index in [0.29, 0.717) is 23.9 Å². The van der Waals surface area contributed by atoms with E-state index in [-0.39, 0.29) is 0 Å². The van der Waals surface area contributed by atoms with Gasteiger partial charge < -0.3 is 21.1 Å². The number of nitrogens with two attached hydrogens (primary N) is 1. The first-order chi connectivity index (χ1) is 14.3. The molecule has 6 heteroatoms. The number of benzene rings is 3. The smallest absolute Gasteiger partial charge is 0.159 e. The van der Waals surface area contributed by atoms with Crippen molar-refractivity contribution in [3.8, 4) is 11.5 Å². The lowest BCUT2D eigenvalue weighted by molar-refractivity contribution is 0.483.